The number of hydrogen-bond acceptors (Lipinski definition) is 4. The van der Waals surface area contributed by atoms with Crippen LogP contribution in [-0.2, 0) is 6.54 Å². The number of tetrazole rings is 1. The Morgan fingerprint density at radius 3 is 2.94 bits per heavy atom. The number of hydrogen-bond donors (Lipinski definition) is 1. The van der Waals surface area contributed by atoms with Gasteiger partial charge in [0.1, 0.15) is 0 Å². The molecule has 0 amide bonds. The highest BCUT2D eigenvalue weighted by atomic mass is 35.5. The van der Waals surface area contributed by atoms with Crippen molar-refractivity contribution in [2.45, 2.75) is 19.9 Å². The highest BCUT2D eigenvalue weighted by Crippen LogP contribution is 2.24. The maximum Gasteiger partial charge on any atom is 0.170 e. The molecule has 0 radical (unpaired) electrons. The van der Waals surface area contributed by atoms with Crippen LogP contribution in [0, 0.1) is 0 Å². The van der Waals surface area contributed by atoms with Gasteiger partial charge in [0, 0.05) is 5.02 Å². The second-order valence-electron chi connectivity index (χ2n) is 3.78. The first-order valence-electron chi connectivity index (χ1n) is 5.65. The quantitative estimate of drug-likeness (QED) is 0.858. The van der Waals surface area contributed by atoms with Crippen LogP contribution in [0.15, 0.2) is 18.2 Å². The zero-order chi connectivity index (χ0) is 13.0. The molecule has 0 unspecified atom stereocenters. The fourth-order valence-electron chi connectivity index (χ4n) is 1.53. The molecule has 0 saturated heterocycles. The van der Waals surface area contributed by atoms with E-state index in [1.165, 1.54) is 0 Å². The van der Waals surface area contributed by atoms with Gasteiger partial charge >= 0.3 is 0 Å². The van der Waals surface area contributed by atoms with Crippen molar-refractivity contribution in [3.8, 4) is 5.69 Å². The lowest BCUT2D eigenvalue weighted by atomic mass is 10.3. The van der Waals surface area contributed by atoms with Crippen LogP contribution in [0.5, 0.6) is 0 Å². The molecule has 0 aliphatic heterocycles. The Hall–Kier alpha value is -1.17. The SMILES string of the molecule is CCCNCc1nnnn1-c1cc(Cl)ccc1Cl. The van der Waals surface area contributed by atoms with Gasteiger partial charge < -0.3 is 5.32 Å². The molecule has 5 nitrogen and oxygen atoms in total. The van der Waals surface area contributed by atoms with E-state index in [4.69, 9.17) is 23.2 Å². The minimum Gasteiger partial charge on any atom is -0.310 e. The molecular formula is C11H13Cl2N5. The van der Waals surface area contributed by atoms with Gasteiger partial charge in [-0.1, -0.05) is 30.1 Å². The van der Waals surface area contributed by atoms with Crippen molar-refractivity contribution in [2.75, 3.05) is 6.54 Å². The molecule has 2 rings (SSSR count). The summed E-state index contributed by atoms with van der Waals surface area (Å²) < 4.78 is 1.59. The standard InChI is InChI=1S/C11H13Cl2N5/c1-2-5-14-7-11-15-16-17-18(11)10-6-8(12)3-4-9(10)13/h3-4,6,14H,2,5,7H2,1H3. The lowest BCUT2D eigenvalue weighted by molar-refractivity contribution is 0.633. The molecule has 1 aromatic carbocycles. The number of rotatable bonds is 5. The van der Waals surface area contributed by atoms with Crippen LogP contribution >= 0.6 is 23.2 Å². The second-order valence-corrected chi connectivity index (χ2v) is 4.62. The molecule has 0 atom stereocenters. The van der Waals surface area contributed by atoms with Crippen molar-refractivity contribution < 1.29 is 0 Å². The monoisotopic (exact) mass is 285 g/mol. The number of halogens is 2. The first kappa shape index (κ1) is 13.3. The van der Waals surface area contributed by atoms with Gasteiger partial charge in [0.25, 0.3) is 0 Å². The van der Waals surface area contributed by atoms with Crippen LogP contribution in [0.25, 0.3) is 5.69 Å². The molecule has 1 N–H and O–H groups in total. The minimum absolute atomic E-state index is 0.559. The van der Waals surface area contributed by atoms with Gasteiger partial charge in [-0.3, -0.25) is 0 Å². The molecule has 0 spiro atoms. The maximum atomic E-state index is 6.13. The summed E-state index contributed by atoms with van der Waals surface area (Å²) in [5.74, 6) is 0.701. The Labute approximate surface area is 115 Å². The molecule has 0 aliphatic rings. The number of benzene rings is 1. The average Bonchev–Trinajstić information content (AvgIpc) is 2.81. The largest absolute Gasteiger partial charge is 0.310 e. The van der Waals surface area contributed by atoms with Gasteiger partial charge in [0.2, 0.25) is 0 Å². The zero-order valence-corrected chi connectivity index (χ0v) is 11.4. The molecule has 2 aromatic rings. The van der Waals surface area contributed by atoms with Crippen molar-refractivity contribution in [1.29, 1.82) is 0 Å². The highest BCUT2D eigenvalue weighted by Gasteiger charge is 2.11. The predicted molar refractivity (Wildman–Crippen MR) is 71.2 cm³/mol. The number of nitrogens with one attached hydrogen (secondary N) is 1. The van der Waals surface area contributed by atoms with Crippen LogP contribution in [0.1, 0.15) is 19.2 Å². The van der Waals surface area contributed by atoms with E-state index < -0.39 is 0 Å². The third-order valence-corrected chi connectivity index (χ3v) is 2.94. The lowest BCUT2D eigenvalue weighted by Gasteiger charge is -2.07. The minimum atomic E-state index is 0.559. The molecule has 96 valence electrons. The summed E-state index contributed by atoms with van der Waals surface area (Å²) in [6, 6.07) is 5.19. The molecule has 1 heterocycles. The third-order valence-electron chi connectivity index (χ3n) is 2.38. The molecule has 0 saturated carbocycles. The normalized spacial score (nSPS) is 10.8. The van der Waals surface area contributed by atoms with E-state index in [1.807, 2.05) is 0 Å². The van der Waals surface area contributed by atoms with Crippen molar-refractivity contribution in [2.24, 2.45) is 0 Å². The fraction of sp³-hybridized carbons (Fsp3) is 0.364. The van der Waals surface area contributed by atoms with Gasteiger partial charge in [0.15, 0.2) is 5.82 Å². The number of aromatic nitrogens is 4. The van der Waals surface area contributed by atoms with E-state index in [9.17, 15) is 0 Å². The van der Waals surface area contributed by atoms with Crippen molar-refractivity contribution in [3.63, 3.8) is 0 Å². The van der Waals surface area contributed by atoms with E-state index in [2.05, 4.69) is 27.8 Å². The molecule has 0 bridgehead atoms. The summed E-state index contributed by atoms with van der Waals surface area (Å²) in [6.07, 6.45) is 1.06. The van der Waals surface area contributed by atoms with Crippen molar-refractivity contribution >= 4 is 23.2 Å². The van der Waals surface area contributed by atoms with Crippen molar-refractivity contribution in [1.82, 2.24) is 25.5 Å². The Morgan fingerprint density at radius 1 is 1.33 bits per heavy atom. The molecular weight excluding hydrogens is 273 g/mol. The first-order chi connectivity index (χ1) is 8.72. The topological polar surface area (TPSA) is 55.6 Å². The predicted octanol–water partition coefficient (Wildman–Crippen LogP) is 2.47. The second kappa shape index (κ2) is 6.13. The Kier molecular flexibility index (Phi) is 4.52. The average molecular weight is 286 g/mol. The summed E-state index contributed by atoms with van der Waals surface area (Å²) in [5.41, 5.74) is 0.683. The van der Waals surface area contributed by atoms with E-state index in [-0.39, 0.29) is 0 Å². The zero-order valence-electron chi connectivity index (χ0n) is 9.90. The van der Waals surface area contributed by atoms with Crippen LogP contribution in [0.2, 0.25) is 10.0 Å². The number of nitrogens with zero attached hydrogens (tertiary/aromatic N) is 4. The van der Waals surface area contributed by atoms with Crippen LogP contribution in [0.3, 0.4) is 0 Å². The Balaban J connectivity index is 2.27. The summed E-state index contributed by atoms with van der Waals surface area (Å²) in [6.45, 7) is 3.60. The van der Waals surface area contributed by atoms with Gasteiger partial charge in [-0.05, 0) is 41.6 Å². The summed E-state index contributed by atoms with van der Waals surface area (Å²) in [7, 11) is 0. The summed E-state index contributed by atoms with van der Waals surface area (Å²) in [4.78, 5) is 0. The van der Waals surface area contributed by atoms with Crippen LogP contribution < -0.4 is 5.32 Å². The first-order valence-corrected chi connectivity index (χ1v) is 6.41. The smallest absolute Gasteiger partial charge is 0.170 e. The van der Waals surface area contributed by atoms with E-state index in [0.717, 1.165) is 13.0 Å². The van der Waals surface area contributed by atoms with Crippen LogP contribution in [0.4, 0.5) is 0 Å². The molecule has 0 fully saturated rings. The van der Waals surface area contributed by atoms with Gasteiger partial charge in [-0.2, -0.15) is 4.68 Å². The van der Waals surface area contributed by atoms with E-state index in [1.54, 1.807) is 22.9 Å². The molecule has 1 aromatic heterocycles. The van der Waals surface area contributed by atoms with Crippen LogP contribution in [-0.4, -0.2) is 26.8 Å². The lowest BCUT2D eigenvalue weighted by Crippen LogP contribution is -2.17. The van der Waals surface area contributed by atoms with Gasteiger partial charge in [-0.25, -0.2) is 0 Å². The Bertz CT molecular complexity index is 526. The molecule has 0 aliphatic carbocycles. The molecule has 18 heavy (non-hydrogen) atoms. The van der Waals surface area contributed by atoms with E-state index >= 15 is 0 Å². The third kappa shape index (κ3) is 2.98. The maximum absolute atomic E-state index is 6.13. The highest BCUT2D eigenvalue weighted by molar-refractivity contribution is 6.34. The van der Waals surface area contributed by atoms with Crippen molar-refractivity contribution in [3.05, 3.63) is 34.1 Å². The van der Waals surface area contributed by atoms with E-state index in [0.29, 0.717) is 28.1 Å². The van der Waals surface area contributed by atoms with Gasteiger partial charge in [-0.15, -0.1) is 5.10 Å². The Morgan fingerprint density at radius 2 is 2.17 bits per heavy atom. The fourth-order valence-corrected chi connectivity index (χ4v) is 1.89. The summed E-state index contributed by atoms with van der Waals surface area (Å²) in [5, 5.41) is 16.0. The van der Waals surface area contributed by atoms with Gasteiger partial charge in [0.05, 0.1) is 17.3 Å². The summed E-state index contributed by atoms with van der Waals surface area (Å²) >= 11 is 12.1. The molecule has 7 heteroatoms.